The topological polar surface area (TPSA) is 26.3 Å². The highest BCUT2D eigenvalue weighted by atomic mass is 16.5. The predicted octanol–water partition coefficient (Wildman–Crippen LogP) is 3.73. The fourth-order valence-corrected chi connectivity index (χ4v) is 1.45. The van der Waals surface area contributed by atoms with Crippen LogP contribution in [0.4, 0.5) is 0 Å². The number of ketones is 1. The third kappa shape index (κ3) is 11.6. The van der Waals surface area contributed by atoms with Crippen LogP contribution in [0.3, 0.4) is 0 Å². The standard InChI is InChI=1S/C13H26O2/c1-3-5-6-7-8-9-10-11-15-12-13(14)4-2/h3-12H2,1-2H3. The normalized spacial score (nSPS) is 10.5. The molecular formula is C13H26O2. The molecule has 0 fully saturated rings. The first kappa shape index (κ1) is 14.6. The number of unbranched alkanes of at least 4 members (excludes halogenated alkanes) is 6. The molecular weight excluding hydrogens is 188 g/mol. The second-order valence-corrected chi connectivity index (χ2v) is 4.07. The summed E-state index contributed by atoms with van der Waals surface area (Å²) in [6.07, 6.45) is 9.63. The van der Waals surface area contributed by atoms with Crippen LogP contribution in [0.1, 0.15) is 65.2 Å². The molecule has 0 unspecified atom stereocenters. The van der Waals surface area contributed by atoms with Gasteiger partial charge in [-0.3, -0.25) is 4.79 Å². The van der Waals surface area contributed by atoms with Gasteiger partial charge in [0.15, 0.2) is 5.78 Å². The number of ether oxygens (including phenoxy) is 1. The average Bonchev–Trinajstić information content (AvgIpc) is 2.26. The molecule has 0 aliphatic carbocycles. The monoisotopic (exact) mass is 214 g/mol. The molecule has 0 atom stereocenters. The Labute approximate surface area is 94.4 Å². The fourth-order valence-electron chi connectivity index (χ4n) is 1.45. The number of Topliss-reactive ketones (excluding diaryl/α,β-unsaturated/α-hetero) is 1. The Balaban J connectivity index is 2.95. The second-order valence-electron chi connectivity index (χ2n) is 4.07. The lowest BCUT2D eigenvalue weighted by molar-refractivity contribution is -0.123. The third-order valence-corrected chi connectivity index (χ3v) is 2.55. The van der Waals surface area contributed by atoms with Crippen LogP contribution in [0, 0.1) is 0 Å². The van der Waals surface area contributed by atoms with Crippen LogP contribution < -0.4 is 0 Å². The van der Waals surface area contributed by atoms with Crippen LogP contribution in [0.15, 0.2) is 0 Å². The van der Waals surface area contributed by atoms with Gasteiger partial charge in [0.2, 0.25) is 0 Å². The summed E-state index contributed by atoms with van der Waals surface area (Å²) in [5.41, 5.74) is 0. The number of hydrogen-bond acceptors (Lipinski definition) is 2. The molecule has 0 amide bonds. The first-order valence-corrected chi connectivity index (χ1v) is 6.40. The van der Waals surface area contributed by atoms with Gasteiger partial charge in [-0.25, -0.2) is 0 Å². The molecule has 2 nitrogen and oxygen atoms in total. The van der Waals surface area contributed by atoms with E-state index in [1.165, 1.54) is 38.5 Å². The van der Waals surface area contributed by atoms with E-state index in [-0.39, 0.29) is 5.78 Å². The van der Waals surface area contributed by atoms with E-state index >= 15 is 0 Å². The minimum Gasteiger partial charge on any atom is -0.374 e. The zero-order valence-electron chi connectivity index (χ0n) is 10.4. The summed E-state index contributed by atoms with van der Waals surface area (Å²) in [4.78, 5) is 10.9. The molecule has 0 spiro atoms. The summed E-state index contributed by atoms with van der Waals surface area (Å²) in [5, 5.41) is 0. The summed E-state index contributed by atoms with van der Waals surface area (Å²) in [6, 6.07) is 0. The minimum atomic E-state index is 0.206. The van der Waals surface area contributed by atoms with Gasteiger partial charge in [-0.05, 0) is 6.42 Å². The van der Waals surface area contributed by atoms with Gasteiger partial charge in [0.05, 0.1) is 0 Å². The van der Waals surface area contributed by atoms with Crippen molar-refractivity contribution in [2.75, 3.05) is 13.2 Å². The largest absolute Gasteiger partial charge is 0.374 e. The third-order valence-electron chi connectivity index (χ3n) is 2.55. The molecule has 0 saturated carbocycles. The smallest absolute Gasteiger partial charge is 0.158 e. The second kappa shape index (κ2) is 11.7. The van der Waals surface area contributed by atoms with Crippen LogP contribution in [-0.4, -0.2) is 19.0 Å². The van der Waals surface area contributed by atoms with Crippen molar-refractivity contribution < 1.29 is 9.53 Å². The van der Waals surface area contributed by atoms with E-state index in [4.69, 9.17) is 4.74 Å². The highest BCUT2D eigenvalue weighted by molar-refractivity contribution is 5.79. The van der Waals surface area contributed by atoms with Crippen LogP contribution in [0.2, 0.25) is 0 Å². The van der Waals surface area contributed by atoms with E-state index in [0.717, 1.165) is 13.0 Å². The Hall–Kier alpha value is -0.370. The van der Waals surface area contributed by atoms with Crippen molar-refractivity contribution in [2.24, 2.45) is 0 Å². The predicted molar refractivity (Wildman–Crippen MR) is 64.1 cm³/mol. The van der Waals surface area contributed by atoms with Crippen LogP contribution in [0.25, 0.3) is 0 Å². The summed E-state index contributed by atoms with van der Waals surface area (Å²) in [7, 11) is 0. The van der Waals surface area contributed by atoms with Crippen molar-refractivity contribution in [2.45, 2.75) is 65.2 Å². The fraction of sp³-hybridized carbons (Fsp3) is 0.923. The molecule has 0 N–H and O–H groups in total. The Bertz CT molecular complexity index is 143. The van der Waals surface area contributed by atoms with Crippen molar-refractivity contribution in [3.8, 4) is 0 Å². The molecule has 15 heavy (non-hydrogen) atoms. The molecule has 90 valence electrons. The van der Waals surface area contributed by atoms with Gasteiger partial charge in [-0.2, -0.15) is 0 Å². The molecule has 0 aliphatic heterocycles. The van der Waals surface area contributed by atoms with Crippen molar-refractivity contribution in [3.63, 3.8) is 0 Å². The number of hydrogen-bond donors (Lipinski definition) is 0. The van der Waals surface area contributed by atoms with Gasteiger partial charge in [-0.1, -0.05) is 52.4 Å². The first-order valence-electron chi connectivity index (χ1n) is 6.40. The maximum Gasteiger partial charge on any atom is 0.158 e. The Morgan fingerprint density at radius 3 is 2.13 bits per heavy atom. The van der Waals surface area contributed by atoms with Gasteiger partial charge in [0, 0.05) is 13.0 Å². The van der Waals surface area contributed by atoms with Crippen LogP contribution in [-0.2, 0) is 9.53 Å². The lowest BCUT2D eigenvalue weighted by Crippen LogP contribution is -2.07. The zero-order chi connectivity index (χ0) is 11.4. The quantitative estimate of drug-likeness (QED) is 0.490. The molecule has 0 aromatic heterocycles. The van der Waals surface area contributed by atoms with Gasteiger partial charge < -0.3 is 4.74 Å². The van der Waals surface area contributed by atoms with E-state index in [1.54, 1.807) is 0 Å². The van der Waals surface area contributed by atoms with Crippen molar-refractivity contribution in [1.82, 2.24) is 0 Å². The zero-order valence-corrected chi connectivity index (χ0v) is 10.4. The molecule has 0 rings (SSSR count). The van der Waals surface area contributed by atoms with E-state index in [1.807, 2.05) is 6.92 Å². The van der Waals surface area contributed by atoms with E-state index in [9.17, 15) is 4.79 Å². The molecule has 0 heterocycles. The molecule has 0 aliphatic rings. The average molecular weight is 214 g/mol. The Morgan fingerprint density at radius 2 is 1.53 bits per heavy atom. The highest BCUT2D eigenvalue weighted by Crippen LogP contribution is 2.06. The molecule has 0 bridgehead atoms. The number of rotatable bonds is 11. The Morgan fingerprint density at radius 1 is 0.933 bits per heavy atom. The summed E-state index contributed by atoms with van der Waals surface area (Å²) < 4.78 is 5.26. The van der Waals surface area contributed by atoms with E-state index in [0.29, 0.717) is 13.0 Å². The first-order chi connectivity index (χ1) is 7.31. The van der Waals surface area contributed by atoms with Gasteiger partial charge in [-0.15, -0.1) is 0 Å². The highest BCUT2D eigenvalue weighted by Gasteiger charge is 1.97. The van der Waals surface area contributed by atoms with Gasteiger partial charge in [0.1, 0.15) is 6.61 Å². The number of carbonyl (C=O) groups is 1. The molecule has 0 saturated heterocycles. The summed E-state index contributed by atoms with van der Waals surface area (Å²) in [5.74, 6) is 0.206. The SMILES string of the molecule is CCCCCCCCCOCC(=O)CC. The summed E-state index contributed by atoms with van der Waals surface area (Å²) >= 11 is 0. The Kier molecular flexibility index (Phi) is 11.4. The molecule has 2 heteroatoms. The maximum atomic E-state index is 10.9. The van der Waals surface area contributed by atoms with Gasteiger partial charge >= 0.3 is 0 Å². The van der Waals surface area contributed by atoms with Crippen molar-refractivity contribution >= 4 is 5.78 Å². The lowest BCUT2D eigenvalue weighted by Gasteiger charge is -2.02. The molecule has 0 aromatic rings. The van der Waals surface area contributed by atoms with Crippen molar-refractivity contribution in [1.29, 1.82) is 0 Å². The number of carbonyl (C=O) groups excluding carboxylic acids is 1. The molecule has 0 aromatic carbocycles. The van der Waals surface area contributed by atoms with Crippen molar-refractivity contribution in [3.05, 3.63) is 0 Å². The summed E-state index contributed by atoms with van der Waals surface area (Å²) in [6.45, 7) is 5.17. The minimum absolute atomic E-state index is 0.206. The maximum absolute atomic E-state index is 10.9. The molecule has 0 radical (unpaired) electrons. The van der Waals surface area contributed by atoms with E-state index in [2.05, 4.69) is 6.92 Å². The van der Waals surface area contributed by atoms with Gasteiger partial charge in [0.25, 0.3) is 0 Å². The van der Waals surface area contributed by atoms with Crippen LogP contribution >= 0.6 is 0 Å². The lowest BCUT2D eigenvalue weighted by atomic mass is 10.1. The van der Waals surface area contributed by atoms with E-state index < -0.39 is 0 Å². The van der Waals surface area contributed by atoms with Crippen LogP contribution in [0.5, 0.6) is 0 Å².